The number of nitrogens with zero attached hydrogens (tertiary/aromatic N) is 1. The molecule has 0 aromatic heterocycles. The minimum Gasteiger partial charge on any atom is -0.494 e. The quantitative estimate of drug-likeness (QED) is 0.542. The van der Waals surface area contributed by atoms with E-state index in [9.17, 15) is 0 Å². The third kappa shape index (κ3) is 5.26. The molecule has 0 amide bonds. The number of benzene rings is 2. The van der Waals surface area contributed by atoms with Gasteiger partial charge in [0.05, 0.1) is 6.61 Å². The number of hydrogen-bond acceptors (Lipinski definition) is 2. The maximum Gasteiger partial charge on any atom is 0.119 e. The highest BCUT2D eigenvalue weighted by molar-refractivity contribution is 5.70. The molecule has 0 atom stereocenters. The molecule has 1 aliphatic heterocycles. The molecule has 1 saturated heterocycles. The molecule has 3 rings (SSSR count). The van der Waals surface area contributed by atoms with Gasteiger partial charge in [-0.1, -0.05) is 54.6 Å². The fourth-order valence-corrected chi connectivity index (χ4v) is 2.95. The van der Waals surface area contributed by atoms with Crippen LogP contribution in [0.2, 0.25) is 0 Å². The molecule has 1 aliphatic rings. The van der Waals surface area contributed by atoms with E-state index in [4.69, 9.17) is 4.74 Å². The molecule has 0 saturated carbocycles. The second-order valence-electron chi connectivity index (χ2n) is 6.07. The first-order valence-corrected chi connectivity index (χ1v) is 8.58. The highest BCUT2D eigenvalue weighted by Gasteiger charge is 2.10. The third-order valence-corrected chi connectivity index (χ3v) is 4.21. The lowest BCUT2D eigenvalue weighted by atomic mass is 10.1. The van der Waals surface area contributed by atoms with Crippen LogP contribution in [0.15, 0.2) is 54.6 Å². The van der Waals surface area contributed by atoms with E-state index in [0.29, 0.717) is 0 Å². The van der Waals surface area contributed by atoms with Gasteiger partial charge in [0.25, 0.3) is 0 Å². The summed E-state index contributed by atoms with van der Waals surface area (Å²) in [6.07, 6.45) is 8.08. The summed E-state index contributed by atoms with van der Waals surface area (Å²) in [5.74, 6) is 0.960. The topological polar surface area (TPSA) is 12.5 Å². The molecule has 2 aromatic carbocycles. The molecule has 1 heterocycles. The van der Waals surface area contributed by atoms with Gasteiger partial charge in [-0.05, 0) is 55.6 Å². The molecular formula is C21H25NO. The summed E-state index contributed by atoms with van der Waals surface area (Å²) in [7, 11) is 0. The Morgan fingerprint density at radius 2 is 1.61 bits per heavy atom. The van der Waals surface area contributed by atoms with E-state index in [1.165, 1.54) is 37.1 Å². The first kappa shape index (κ1) is 15.8. The van der Waals surface area contributed by atoms with Crippen molar-refractivity contribution in [3.63, 3.8) is 0 Å². The van der Waals surface area contributed by atoms with Crippen LogP contribution in [0.5, 0.6) is 5.75 Å². The normalized spacial score (nSPS) is 15.3. The number of rotatable bonds is 7. The Kier molecular flexibility index (Phi) is 5.87. The maximum absolute atomic E-state index is 5.90. The SMILES string of the molecule is C(=Cc1cccc(OCCCN2CCCC2)c1)c1ccccc1. The molecule has 0 radical (unpaired) electrons. The Bertz CT molecular complexity index is 615. The fourth-order valence-electron chi connectivity index (χ4n) is 2.95. The van der Waals surface area contributed by atoms with Gasteiger partial charge in [-0.25, -0.2) is 0 Å². The summed E-state index contributed by atoms with van der Waals surface area (Å²) >= 11 is 0. The Labute approximate surface area is 139 Å². The number of ether oxygens (including phenoxy) is 1. The van der Waals surface area contributed by atoms with Crippen molar-refractivity contribution < 1.29 is 4.74 Å². The maximum atomic E-state index is 5.90. The van der Waals surface area contributed by atoms with Gasteiger partial charge in [-0.15, -0.1) is 0 Å². The molecule has 0 spiro atoms. The lowest BCUT2D eigenvalue weighted by molar-refractivity contribution is 0.263. The Hall–Kier alpha value is -2.06. The van der Waals surface area contributed by atoms with Crippen molar-refractivity contribution in [3.8, 4) is 5.75 Å². The molecular weight excluding hydrogens is 282 g/mol. The van der Waals surface area contributed by atoms with Gasteiger partial charge in [0, 0.05) is 6.54 Å². The van der Waals surface area contributed by atoms with Crippen molar-refractivity contribution in [2.75, 3.05) is 26.2 Å². The van der Waals surface area contributed by atoms with E-state index >= 15 is 0 Å². The van der Waals surface area contributed by atoms with Crippen molar-refractivity contribution in [2.45, 2.75) is 19.3 Å². The highest BCUT2D eigenvalue weighted by Crippen LogP contribution is 2.16. The summed E-state index contributed by atoms with van der Waals surface area (Å²) in [4.78, 5) is 2.53. The van der Waals surface area contributed by atoms with Crippen LogP contribution >= 0.6 is 0 Å². The van der Waals surface area contributed by atoms with E-state index in [2.05, 4.69) is 59.5 Å². The summed E-state index contributed by atoms with van der Waals surface area (Å²) in [6, 6.07) is 18.7. The standard InChI is InChI=1S/C21H25NO/c1-2-8-19(9-3-1)12-13-20-10-6-11-21(18-20)23-17-7-16-22-14-4-5-15-22/h1-3,6,8-13,18H,4-5,7,14-17H2. The molecule has 0 aliphatic carbocycles. The van der Waals surface area contributed by atoms with Crippen LogP contribution in [0, 0.1) is 0 Å². The van der Waals surface area contributed by atoms with E-state index in [1.807, 2.05) is 12.1 Å². The van der Waals surface area contributed by atoms with Gasteiger partial charge in [-0.2, -0.15) is 0 Å². The van der Waals surface area contributed by atoms with Crippen LogP contribution in [0.1, 0.15) is 30.4 Å². The van der Waals surface area contributed by atoms with Crippen LogP contribution < -0.4 is 4.74 Å². The molecule has 2 heteroatoms. The van der Waals surface area contributed by atoms with E-state index in [1.54, 1.807) is 0 Å². The molecule has 23 heavy (non-hydrogen) atoms. The van der Waals surface area contributed by atoms with Crippen LogP contribution in [-0.2, 0) is 0 Å². The average molecular weight is 307 g/mol. The zero-order chi connectivity index (χ0) is 15.7. The Balaban J connectivity index is 1.48. The van der Waals surface area contributed by atoms with Gasteiger partial charge in [0.1, 0.15) is 5.75 Å². The van der Waals surface area contributed by atoms with Crippen molar-refractivity contribution in [1.82, 2.24) is 4.90 Å². The van der Waals surface area contributed by atoms with Crippen LogP contribution in [-0.4, -0.2) is 31.1 Å². The minimum absolute atomic E-state index is 0.794. The second kappa shape index (κ2) is 8.54. The first-order valence-electron chi connectivity index (χ1n) is 8.58. The fraction of sp³-hybridized carbons (Fsp3) is 0.333. The van der Waals surface area contributed by atoms with Gasteiger partial charge in [-0.3, -0.25) is 0 Å². The summed E-state index contributed by atoms with van der Waals surface area (Å²) in [6.45, 7) is 4.48. The predicted molar refractivity (Wildman–Crippen MR) is 97.6 cm³/mol. The second-order valence-corrected chi connectivity index (χ2v) is 6.07. The molecule has 1 fully saturated rings. The van der Waals surface area contributed by atoms with Crippen molar-refractivity contribution in [3.05, 3.63) is 65.7 Å². The van der Waals surface area contributed by atoms with Crippen LogP contribution in [0.4, 0.5) is 0 Å². The lowest BCUT2D eigenvalue weighted by Gasteiger charge is -2.14. The number of likely N-dealkylation sites (tertiary alicyclic amines) is 1. The summed E-state index contributed by atoms with van der Waals surface area (Å²) < 4.78 is 5.90. The number of hydrogen-bond donors (Lipinski definition) is 0. The van der Waals surface area contributed by atoms with E-state index in [-0.39, 0.29) is 0 Å². The van der Waals surface area contributed by atoms with Crippen LogP contribution in [0.3, 0.4) is 0 Å². The first-order chi connectivity index (χ1) is 11.4. The average Bonchev–Trinajstić information content (AvgIpc) is 3.12. The molecule has 2 aromatic rings. The van der Waals surface area contributed by atoms with Crippen molar-refractivity contribution in [2.24, 2.45) is 0 Å². The third-order valence-electron chi connectivity index (χ3n) is 4.21. The van der Waals surface area contributed by atoms with Gasteiger partial charge in [0.2, 0.25) is 0 Å². The highest BCUT2D eigenvalue weighted by atomic mass is 16.5. The Morgan fingerprint density at radius 3 is 2.43 bits per heavy atom. The molecule has 0 bridgehead atoms. The molecule has 2 nitrogen and oxygen atoms in total. The summed E-state index contributed by atoms with van der Waals surface area (Å²) in [5, 5.41) is 0. The van der Waals surface area contributed by atoms with Gasteiger partial charge in [0.15, 0.2) is 0 Å². The predicted octanol–water partition coefficient (Wildman–Crippen LogP) is 4.72. The lowest BCUT2D eigenvalue weighted by Crippen LogP contribution is -2.21. The van der Waals surface area contributed by atoms with Crippen LogP contribution in [0.25, 0.3) is 12.2 Å². The largest absolute Gasteiger partial charge is 0.494 e. The molecule has 0 N–H and O–H groups in total. The van der Waals surface area contributed by atoms with Crippen molar-refractivity contribution >= 4 is 12.2 Å². The minimum atomic E-state index is 0.794. The smallest absolute Gasteiger partial charge is 0.119 e. The molecule has 0 unspecified atom stereocenters. The summed E-state index contributed by atoms with van der Waals surface area (Å²) in [5.41, 5.74) is 2.38. The van der Waals surface area contributed by atoms with E-state index in [0.717, 1.165) is 25.3 Å². The Morgan fingerprint density at radius 1 is 0.870 bits per heavy atom. The van der Waals surface area contributed by atoms with Crippen molar-refractivity contribution in [1.29, 1.82) is 0 Å². The zero-order valence-electron chi connectivity index (χ0n) is 13.7. The zero-order valence-corrected chi connectivity index (χ0v) is 13.7. The molecule has 120 valence electrons. The monoisotopic (exact) mass is 307 g/mol. The van der Waals surface area contributed by atoms with Gasteiger partial charge < -0.3 is 9.64 Å². The van der Waals surface area contributed by atoms with E-state index < -0.39 is 0 Å². The van der Waals surface area contributed by atoms with Gasteiger partial charge >= 0.3 is 0 Å².